The molecule has 0 aliphatic heterocycles. The lowest BCUT2D eigenvalue weighted by molar-refractivity contribution is 0.634. The van der Waals surface area contributed by atoms with Crippen LogP contribution in [0.5, 0.6) is 0 Å². The molecule has 1 aliphatic rings. The summed E-state index contributed by atoms with van der Waals surface area (Å²) in [5.41, 5.74) is 3.18. The molecule has 0 atom stereocenters. The van der Waals surface area contributed by atoms with E-state index in [1.54, 1.807) is 6.07 Å². The van der Waals surface area contributed by atoms with E-state index in [0.717, 1.165) is 17.7 Å². The highest BCUT2D eigenvalue weighted by atomic mass is 16.1. The molecule has 20 heavy (non-hydrogen) atoms. The summed E-state index contributed by atoms with van der Waals surface area (Å²) in [7, 11) is 0. The zero-order valence-electron chi connectivity index (χ0n) is 12.0. The van der Waals surface area contributed by atoms with Crippen molar-refractivity contribution < 1.29 is 0 Å². The molecule has 1 aromatic heterocycles. The maximum absolute atomic E-state index is 11.8. The molecule has 1 aliphatic carbocycles. The number of aromatic nitrogens is 2. The smallest absolute Gasteiger partial charge is 0.251 e. The summed E-state index contributed by atoms with van der Waals surface area (Å²) in [5, 5.41) is 0. The van der Waals surface area contributed by atoms with Crippen LogP contribution in [-0.2, 0) is 6.42 Å². The minimum absolute atomic E-state index is 0.0672. The van der Waals surface area contributed by atoms with Gasteiger partial charge in [0.15, 0.2) is 0 Å². The van der Waals surface area contributed by atoms with Gasteiger partial charge in [0.2, 0.25) is 0 Å². The van der Waals surface area contributed by atoms with Crippen molar-refractivity contribution in [2.75, 3.05) is 0 Å². The van der Waals surface area contributed by atoms with Gasteiger partial charge in [-0.05, 0) is 42.7 Å². The van der Waals surface area contributed by atoms with Gasteiger partial charge in [-0.15, -0.1) is 0 Å². The van der Waals surface area contributed by atoms with Crippen molar-refractivity contribution in [2.45, 2.75) is 39.0 Å². The zero-order valence-corrected chi connectivity index (χ0v) is 12.0. The standard InChI is InChI=1S/C17H20N2O/c1-11(2)8-15-10-16(20)19-17(18-15)14-5-3-4-13(9-14)12-6-7-12/h3-5,9-12H,6-8H2,1-2H3,(H,18,19,20). The summed E-state index contributed by atoms with van der Waals surface area (Å²) >= 11 is 0. The van der Waals surface area contributed by atoms with E-state index in [4.69, 9.17) is 0 Å². The minimum Gasteiger partial charge on any atom is -0.307 e. The van der Waals surface area contributed by atoms with Gasteiger partial charge in [0.1, 0.15) is 5.82 Å². The fourth-order valence-electron chi connectivity index (χ4n) is 2.52. The quantitative estimate of drug-likeness (QED) is 0.922. The second-order valence-electron chi connectivity index (χ2n) is 6.08. The van der Waals surface area contributed by atoms with E-state index in [1.165, 1.54) is 18.4 Å². The van der Waals surface area contributed by atoms with Crippen LogP contribution in [0.2, 0.25) is 0 Å². The summed E-state index contributed by atoms with van der Waals surface area (Å²) in [4.78, 5) is 19.3. The first-order valence-electron chi connectivity index (χ1n) is 7.32. The van der Waals surface area contributed by atoms with Gasteiger partial charge in [0.05, 0.1) is 0 Å². The molecule has 3 heteroatoms. The summed E-state index contributed by atoms with van der Waals surface area (Å²) in [6.45, 7) is 4.27. The van der Waals surface area contributed by atoms with Crippen LogP contribution in [-0.4, -0.2) is 9.97 Å². The van der Waals surface area contributed by atoms with E-state index in [1.807, 2.05) is 6.07 Å². The highest BCUT2D eigenvalue weighted by Gasteiger charge is 2.23. The SMILES string of the molecule is CC(C)Cc1cc(=O)[nH]c(-c2cccc(C3CC3)c2)n1. The predicted octanol–water partition coefficient (Wildman–Crippen LogP) is 3.51. The summed E-state index contributed by atoms with van der Waals surface area (Å²) in [5.74, 6) is 1.89. The Morgan fingerprint density at radius 3 is 2.80 bits per heavy atom. The molecule has 3 rings (SSSR count). The Morgan fingerprint density at radius 1 is 1.30 bits per heavy atom. The van der Waals surface area contributed by atoms with Crippen LogP contribution >= 0.6 is 0 Å². The van der Waals surface area contributed by atoms with Crippen LogP contribution in [0.3, 0.4) is 0 Å². The van der Waals surface area contributed by atoms with E-state index in [-0.39, 0.29) is 5.56 Å². The Morgan fingerprint density at radius 2 is 2.10 bits per heavy atom. The molecule has 1 N–H and O–H groups in total. The van der Waals surface area contributed by atoms with Crippen molar-refractivity contribution in [3.8, 4) is 11.4 Å². The van der Waals surface area contributed by atoms with E-state index in [2.05, 4.69) is 42.0 Å². The number of hydrogen-bond donors (Lipinski definition) is 1. The average Bonchev–Trinajstić information content (AvgIpc) is 3.21. The molecule has 1 saturated carbocycles. The molecule has 1 heterocycles. The molecule has 3 nitrogen and oxygen atoms in total. The molecule has 2 aromatic rings. The second kappa shape index (κ2) is 5.23. The lowest BCUT2D eigenvalue weighted by Gasteiger charge is -2.07. The molecule has 0 radical (unpaired) electrons. The highest BCUT2D eigenvalue weighted by molar-refractivity contribution is 5.56. The van der Waals surface area contributed by atoms with Gasteiger partial charge in [-0.25, -0.2) is 4.98 Å². The second-order valence-corrected chi connectivity index (χ2v) is 6.08. The number of rotatable bonds is 4. The van der Waals surface area contributed by atoms with E-state index in [9.17, 15) is 4.79 Å². The van der Waals surface area contributed by atoms with Crippen molar-refractivity contribution in [2.24, 2.45) is 5.92 Å². The van der Waals surface area contributed by atoms with Gasteiger partial charge in [-0.3, -0.25) is 4.79 Å². The minimum atomic E-state index is -0.0672. The van der Waals surface area contributed by atoms with Crippen molar-refractivity contribution in [1.82, 2.24) is 9.97 Å². The third-order valence-corrected chi connectivity index (χ3v) is 3.62. The molecule has 0 unspecified atom stereocenters. The molecular weight excluding hydrogens is 248 g/mol. The van der Waals surface area contributed by atoms with Gasteiger partial charge in [0, 0.05) is 17.3 Å². The average molecular weight is 268 g/mol. The van der Waals surface area contributed by atoms with Gasteiger partial charge in [-0.2, -0.15) is 0 Å². The molecule has 0 saturated heterocycles. The van der Waals surface area contributed by atoms with Crippen molar-refractivity contribution in [1.29, 1.82) is 0 Å². The molecule has 0 spiro atoms. The fraction of sp³-hybridized carbons (Fsp3) is 0.412. The van der Waals surface area contributed by atoms with Gasteiger partial charge >= 0.3 is 0 Å². The fourth-order valence-corrected chi connectivity index (χ4v) is 2.52. The van der Waals surface area contributed by atoms with E-state index in [0.29, 0.717) is 17.7 Å². The Labute approximate surface area is 119 Å². The van der Waals surface area contributed by atoms with Crippen LogP contribution in [0.15, 0.2) is 35.1 Å². The van der Waals surface area contributed by atoms with Gasteiger partial charge in [0.25, 0.3) is 5.56 Å². The lowest BCUT2D eigenvalue weighted by atomic mass is 10.1. The van der Waals surface area contributed by atoms with E-state index >= 15 is 0 Å². The number of aromatic amines is 1. The lowest BCUT2D eigenvalue weighted by Crippen LogP contribution is -2.11. The number of hydrogen-bond acceptors (Lipinski definition) is 2. The molecule has 0 amide bonds. The monoisotopic (exact) mass is 268 g/mol. The first-order chi connectivity index (χ1) is 9.61. The topological polar surface area (TPSA) is 45.8 Å². The number of H-pyrrole nitrogens is 1. The maximum Gasteiger partial charge on any atom is 0.251 e. The Balaban J connectivity index is 1.98. The number of nitrogens with zero attached hydrogens (tertiary/aromatic N) is 1. The van der Waals surface area contributed by atoms with E-state index < -0.39 is 0 Å². The summed E-state index contributed by atoms with van der Waals surface area (Å²) < 4.78 is 0. The van der Waals surface area contributed by atoms with Gasteiger partial charge in [-0.1, -0.05) is 32.0 Å². The summed E-state index contributed by atoms with van der Waals surface area (Å²) in [6.07, 6.45) is 3.39. The Kier molecular flexibility index (Phi) is 3.43. The van der Waals surface area contributed by atoms with Gasteiger partial charge < -0.3 is 4.98 Å². The Bertz CT molecular complexity index is 669. The largest absolute Gasteiger partial charge is 0.307 e. The summed E-state index contributed by atoms with van der Waals surface area (Å²) in [6, 6.07) is 10.0. The predicted molar refractivity (Wildman–Crippen MR) is 80.8 cm³/mol. The zero-order chi connectivity index (χ0) is 14.1. The number of benzene rings is 1. The molecule has 104 valence electrons. The third kappa shape index (κ3) is 2.98. The normalized spacial score (nSPS) is 14.8. The van der Waals surface area contributed by atoms with Crippen LogP contribution in [0.25, 0.3) is 11.4 Å². The van der Waals surface area contributed by atoms with Crippen molar-refractivity contribution in [3.05, 3.63) is 51.9 Å². The van der Waals surface area contributed by atoms with Crippen LogP contribution in [0.1, 0.15) is 43.9 Å². The van der Waals surface area contributed by atoms with Crippen molar-refractivity contribution in [3.63, 3.8) is 0 Å². The molecular formula is C17H20N2O. The first kappa shape index (κ1) is 13.1. The first-order valence-corrected chi connectivity index (χ1v) is 7.32. The Hall–Kier alpha value is -1.90. The van der Waals surface area contributed by atoms with Crippen LogP contribution < -0.4 is 5.56 Å². The number of nitrogens with one attached hydrogen (secondary N) is 1. The highest BCUT2D eigenvalue weighted by Crippen LogP contribution is 2.40. The molecule has 1 fully saturated rings. The molecule has 1 aromatic carbocycles. The van der Waals surface area contributed by atoms with Crippen LogP contribution in [0, 0.1) is 5.92 Å². The van der Waals surface area contributed by atoms with Crippen LogP contribution in [0.4, 0.5) is 0 Å². The maximum atomic E-state index is 11.8. The molecule has 0 bridgehead atoms. The van der Waals surface area contributed by atoms with Crippen molar-refractivity contribution >= 4 is 0 Å². The third-order valence-electron chi connectivity index (χ3n) is 3.62.